The second kappa shape index (κ2) is 8.52. The number of nitrogens with two attached hydrogens (primary N) is 1. The Morgan fingerprint density at radius 2 is 2.10 bits per heavy atom. The van der Waals surface area contributed by atoms with E-state index in [1.165, 1.54) is 36.9 Å². The maximum Gasteiger partial charge on any atom is 0.0502 e. The van der Waals surface area contributed by atoms with Gasteiger partial charge < -0.3 is 15.4 Å². The average molecular weight is 290 g/mol. The van der Waals surface area contributed by atoms with Crippen LogP contribution in [0.25, 0.3) is 0 Å². The van der Waals surface area contributed by atoms with E-state index in [0.29, 0.717) is 5.92 Å². The Morgan fingerprint density at radius 1 is 1.33 bits per heavy atom. The van der Waals surface area contributed by atoms with Crippen LogP contribution in [0.2, 0.25) is 0 Å². The topological polar surface area (TPSA) is 38.5 Å². The lowest BCUT2D eigenvalue weighted by molar-refractivity contribution is 0.0878. The van der Waals surface area contributed by atoms with Crippen molar-refractivity contribution in [3.63, 3.8) is 0 Å². The van der Waals surface area contributed by atoms with Crippen molar-refractivity contribution in [2.75, 3.05) is 33.4 Å². The van der Waals surface area contributed by atoms with Crippen LogP contribution in [-0.2, 0) is 11.2 Å². The van der Waals surface area contributed by atoms with Crippen molar-refractivity contribution < 1.29 is 4.74 Å². The largest absolute Gasteiger partial charge is 0.384 e. The van der Waals surface area contributed by atoms with Gasteiger partial charge in [0.2, 0.25) is 0 Å². The molecule has 2 unspecified atom stereocenters. The molecule has 3 nitrogen and oxygen atoms in total. The zero-order valence-electron chi connectivity index (χ0n) is 13.6. The second-order valence-corrected chi connectivity index (χ2v) is 6.32. The minimum absolute atomic E-state index is 0.113. The van der Waals surface area contributed by atoms with Gasteiger partial charge in [-0.25, -0.2) is 0 Å². The van der Waals surface area contributed by atoms with Gasteiger partial charge in [-0.1, -0.05) is 37.6 Å². The first-order valence-corrected chi connectivity index (χ1v) is 8.28. The highest BCUT2D eigenvalue weighted by molar-refractivity contribution is 5.25. The Morgan fingerprint density at radius 3 is 2.76 bits per heavy atom. The third kappa shape index (κ3) is 5.10. The van der Waals surface area contributed by atoms with Crippen LogP contribution in [0.15, 0.2) is 24.3 Å². The second-order valence-electron chi connectivity index (χ2n) is 6.32. The van der Waals surface area contributed by atoms with Crippen molar-refractivity contribution >= 4 is 0 Å². The highest BCUT2D eigenvalue weighted by Crippen LogP contribution is 2.20. The smallest absolute Gasteiger partial charge is 0.0502 e. The summed E-state index contributed by atoms with van der Waals surface area (Å²) in [5.74, 6) is 0.669. The van der Waals surface area contributed by atoms with E-state index in [4.69, 9.17) is 10.5 Å². The van der Waals surface area contributed by atoms with E-state index in [2.05, 4.69) is 36.1 Å². The molecule has 1 fully saturated rings. The molecule has 0 saturated carbocycles. The molecule has 0 spiro atoms. The Bertz CT molecular complexity index is 402. The lowest BCUT2D eigenvalue weighted by Crippen LogP contribution is -2.40. The third-order valence-electron chi connectivity index (χ3n) is 4.41. The Balaban J connectivity index is 1.86. The van der Waals surface area contributed by atoms with Gasteiger partial charge in [-0.15, -0.1) is 0 Å². The molecule has 0 aliphatic carbocycles. The molecule has 0 radical (unpaired) electrons. The van der Waals surface area contributed by atoms with Crippen LogP contribution in [0.1, 0.15) is 43.4 Å². The van der Waals surface area contributed by atoms with Gasteiger partial charge in [0.1, 0.15) is 0 Å². The molecule has 2 atom stereocenters. The van der Waals surface area contributed by atoms with Gasteiger partial charge in [0.25, 0.3) is 0 Å². The lowest BCUT2D eigenvalue weighted by Gasteiger charge is -2.34. The SMILES string of the molecule is CCCc1ccc(C(N)CN2CCCC(COC)C2)cc1. The van der Waals surface area contributed by atoms with Gasteiger partial charge in [0.05, 0.1) is 6.61 Å². The third-order valence-corrected chi connectivity index (χ3v) is 4.41. The molecule has 118 valence electrons. The molecule has 2 N–H and O–H groups in total. The standard InChI is InChI=1S/C18H30N2O/c1-3-5-15-7-9-17(10-8-15)18(19)13-20-11-4-6-16(12-20)14-21-2/h7-10,16,18H,3-6,11-14,19H2,1-2H3. The summed E-state index contributed by atoms with van der Waals surface area (Å²) in [5.41, 5.74) is 9.06. The van der Waals surface area contributed by atoms with Crippen molar-refractivity contribution in [1.29, 1.82) is 0 Å². The number of benzene rings is 1. The fourth-order valence-electron chi connectivity index (χ4n) is 3.29. The van der Waals surface area contributed by atoms with Gasteiger partial charge in [-0.3, -0.25) is 0 Å². The molecule has 0 amide bonds. The van der Waals surface area contributed by atoms with Crippen LogP contribution in [0.4, 0.5) is 0 Å². The minimum Gasteiger partial charge on any atom is -0.384 e. The monoisotopic (exact) mass is 290 g/mol. The summed E-state index contributed by atoms with van der Waals surface area (Å²) < 4.78 is 5.30. The highest BCUT2D eigenvalue weighted by Gasteiger charge is 2.21. The number of aryl methyl sites for hydroxylation is 1. The molecular weight excluding hydrogens is 260 g/mol. The number of likely N-dealkylation sites (tertiary alicyclic amines) is 1. The lowest BCUT2D eigenvalue weighted by atomic mass is 9.97. The predicted molar refractivity (Wildman–Crippen MR) is 88.4 cm³/mol. The molecular formula is C18H30N2O. The fraction of sp³-hybridized carbons (Fsp3) is 0.667. The van der Waals surface area contributed by atoms with Crippen molar-refractivity contribution in [2.45, 2.75) is 38.6 Å². The first-order chi connectivity index (χ1) is 10.2. The van der Waals surface area contributed by atoms with Gasteiger partial charge in [-0.05, 0) is 42.9 Å². The van der Waals surface area contributed by atoms with Crippen molar-refractivity contribution in [2.24, 2.45) is 11.7 Å². The maximum absolute atomic E-state index is 6.40. The van der Waals surface area contributed by atoms with Crippen LogP contribution in [0, 0.1) is 5.92 Å². The average Bonchev–Trinajstić information content (AvgIpc) is 2.49. The highest BCUT2D eigenvalue weighted by atomic mass is 16.5. The van der Waals surface area contributed by atoms with Crippen molar-refractivity contribution in [3.05, 3.63) is 35.4 Å². The Kier molecular flexibility index (Phi) is 6.68. The summed E-state index contributed by atoms with van der Waals surface area (Å²) >= 11 is 0. The predicted octanol–water partition coefficient (Wildman–Crippen LogP) is 3.00. The zero-order valence-corrected chi connectivity index (χ0v) is 13.6. The molecule has 0 bridgehead atoms. The Labute approximate surface area is 129 Å². The molecule has 2 rings (SSSR count). The number of ether oxygens (including phenoxy) is 1. The summed E-state index contributed by atoms with van der Waals surface area (Å²) in [5, 5.41) is 0. The van der Waals surface area contributed by atoms with Crippen LogP contribution < -0.4 is 5.73 Å². The Hall–Kier alpha value is -0.900. The van der Waals surface area contributed by atoms with E-state index in [9.17, 15) is 0 Å². The molecule has 1 saturated heterocycles. The van der Waals surface area contributed by atoms with E-state index < -0.39 is 0 Å². The number of piperidine rings is 1. The maximum atomic E-state index is 6.40. The molecule has 21 heavy (non-hydrogen) atoms. The summed E-state index contributed by atoms with van der Waals surface area (Å²) in [6.07, 6.45) is 4.89. The van der Waals surface area contributed by atoms with Gasteiger partial charge in [-0.2, -0.15) is 0 Å². The number of rotatable bonds is 7. The molecule has 1 aliphatic rings. The first-order valence-electron chi connectivity index (χ1n) is 8.28. The van der Waals surface area contributed by atoms with Crippen molar-refractivity contribution in [1.82, 2.24) is 4.90 Å². The van der Waals surface area contributed by atoms with Crippen LogP contribution in [0.3, 0.4) is 0 Å². The molecule has 0 aromatic heterocycles. The minimum atomic E-state index is 0.113. The molecule has 1 aromatic rings. The summed E-state index contributed by atoms with van der Waals surface area (Å²) in [4.78, 5) is 2.50. The summed E-state index contributed by atoms with van der Waals surface area (Å²) in [6, 6.07) is 8.96. The van der Waals surface area contributed by atoms with E-state index in [1.54, 1.807) is 7.11 Å². The fourth-order valence-corrected chi connectivity index (χ4v) is 3.29. The number of methoxy groups -OCH3 is 1. The van der Waals surface area contributed by atoms with Gasteiger partial charge >= 0.3 is 0 Å². The summed E-state index contributed by atoms with van der Waals surface area (Å²) in [7, 11) is 1.79. The van der Waals surface area contributed by atoms with Crippen molar-refractivity contribution in [3.8, 4) is 0 Å². The summed E-state index contributed by atoms with van der Waals surface area (Å²) in [6.45, 7) is 6.33. The molecule has 3 heteroatoms. The first kappa shape index (κ1) is 16.5. The van der Waals surface area contributed by atoms with E-state index in [0.717, 1.165) is 26.1 Å². The quantitative estimate of drug-likeness (QED) is 0.839. The van der Waals surface area contributed by atoms with E-state index in [-0.39, 0.29) is 6.04 Å². The van der Waals surface area contributed by atoms with E-state index >= 15 is 0 Å². The van der Waals surface area contributed by atoms with Crippen LogP contribution >= 0.6 is 0 Å². The molecule has 1 aromatic carbocycles. The zero-order chi connectivity index (χ0) is 15.1. The number of hydrogen-bond donors (Lipinski definition) is 1. The van der Waals surface area contributed by atoms with Gasteiger partial charge in [0.15, 0.2) is 0 Å². The van der Waals surface area contributed by atoms with Crippen LogP contribution in [0.5, 0.6) is 0 Å². The normalized spacial score (nSPS) is 21.4. The molecule has 1 heterocycles. The van der Waals surface area contributed by atoms with Crippen LogP contribution in [-0.4, -0.2) is 38.3 Å². The van der Waals surface area contributed by atoms with Gasteiger partial charge in [0, 0.05) is 26.2 Å². The molecule has 1 aliphatic heterocycles. The number of nitrogens with zero attached hydrogens (tertiary/aromatic N) is 1. The number of hydrogen-bond acceptors (Lipinski definition) is 3. The van der Waals surface area contributed by atoms with E-state index in [1.807, 2.05) is 0 Å².